The standard InChI is InChI=1S/C14H19N5O2.C12H10/c1-9-4-6-19(14(20)21)7-11(9)18(2)13-10-3-5-15-12(10)16-8-17-13;1-3-7-11(8-4-1)12-9-5-2-6-10-12/h3,5,8-9,11H,4,6-7H2,1-2H3,(H,20,21)(H,15,16,17);1-10H. The van der Waals surface area contributed by atoms with Crippen LogP contribution in [0.4, 0.5) is 10.6 Å². The fraction of sp³-hybridized carbons (Fsp3) is 0.269. The highest BCUT2D eigenvalue weighted by Gasteiger charge is 2.32. The number of hydrogen-bond acceptors (Lipinski definition) is 4. The van der Waals surface area contributed by atoms with Crippen LogP contribution in [0.5, 0.6) is 0 Å². The molecule has 2 aromatic carbocycles. The normalized spacial score (nSPS) is 17.8. The Labute approximate surface area is 193 Å². The summed E-state index contributed by atoms with van der Waals surface area (Å²) in [6.07, 6.45) is 3.38. The third-order valence-electron chi connectivity index (χ3n) is 6.23. The van der Waals surface area contributed by atoms with E-state index < -0.39 is 6.09 Å². The first-order valence-electron chi connectivity index (χ1n) is 11.1. The minimum Gasteiger partial charge on any atom is -0.465 e. The number of carbonyl (C=O) groups is 1. The summed E-state index contributed by atoms with van der Waals surface area (Å²) in [7, 11) is 1.97. The van der Waals surface area contributed by atoms with Crippen LogP contribution < -0.4 is 4.90 Å². The Morgan fingerprint density at radius 2 is 1.67 bits per heavy atom. The fourth-order valence-electron chi connectivity index (χ4n) is 4.28. The van der Waals surface area contributed by atoms with Crippen LogP contribution in [0.25, 0.3) is 22.2 Å². The number of aromatic nitrogens is 3. The number of fused-ring (bicyclic) bond motifs is 1. The number of hydrogen-bond donors (Lipinski definition) is 2. The molecule has 1 aliphatic heterocycles. The molecule has 0 saturated carbocycles. The van der Waals surface area contributed by atoms with Gasteiger partial charge in [-0.15, -0.1) is 0 Å². The average molecular weight is 444 g/mol. The molecule has 3 heterocycles. The molecule has 2 atom stereocenters. The molecular formula is C26H29N5O2. The van der Waals surface area contributed by atoms with Gasteiger partial charge >= 0.3 is 6.09 Å². The van der Waals surface area contributed by atoms with Crippen molar-refractivity contribution in [2.75, 3.05) is 25.0 Å². The predicted molar refractivity (Wildman–Crippen MR) is 131 cm³/mol. The lowest BCUT2D eigenvalue weighted by Gasteiger charge is -2.41. The minimum atomic E-state index is -0.852. The van der Waals surface area contributed by atoms with Crippen molar-refractivity contribution in [1.29, 1.82) is 0 Å². The van der Waals surface area contributed by atoms with Crippen molar-refractivity contribution in [3.8, 4) is 11.1 Å². The molecule has 2 unspecified atom stereocenters. The van der Waals surface area contributed by atoms with Crippen LogP contribution >= 0.6 is 0 Å². The number of piperidine rings is 1. The van der Waals surface area contributed by atoms with Gasteiger partial charge in [-0.3, -0.25) is 0 Å². The third-order valence-corrected chi connectivity index (χ3v) is 6.23. The molecule has 2 aromatic heterocycles. The summed E-state index contributed by atoms with van der Waals surface area (Å²) in [5.74, 6) is 1.25. The highest BCUT2D eigenvalue weighted by molar-refractivity contribution is 5.87. The van der Waals surface area contributed by atoms with Crippen molar-refractivity contribution in [2.45, 2.75) is 19.4 Å². The maximum absolute atomic E-state index is 11.2. The molecule has 1 aliphatic rings. The van der Waals surface area contributed by atoms with Crippen LogP contribution in [0.3, 0.4) is 0 Å². The van der Waals surface area contributed by atoms with E-state index >= 15 is 0 Å². The molecule has 2 N–H and O–H groups in total. The van der Waals surface area contributed by atoms with Crippen LogP contribution in [-0.2, 0) is 0 Å². The summed E-state index contributed by atoms with van der Waals surface area (Å²) < 4.78 is 0. The Morgan fingerprint density at radius 3 is 2.27 bits per heavy atom. The van der Waals surface area contributed by atoms with E-state index in [0.717, 1.165) is 23.3 Å². The smallest absolute Gasteiger partial charge is 0.407 e. The number of nitrogens with zero attached hydrogens (tertiary/aromatic N) is 4. The van der Waals surface area contributed by atoms with E-state index in [1.807, 2.05) is 31.4 Å². The minimum absolute atomic E-state index is 0.114. The second kappa shape index (κ2) is 10.2. The summed E-state index contributed by atoms with van der Waals surface area (Å²) in [6, 6.07) is 22.8. The lowest BCUT2D eigenvalue weighted by molar-refractivity contribution is 0.118. The van der Waals surface area contributed by atoms with Crippen molar-refractivity contribution < 1.29 is 9.90 Å². The summed E-state index contributed by atoms with van der Waals surface area (Å²) >= 11 is 0. The summed E-state index contributed by atoms with van der Waals surface area (Å²) in [5, 5.41) is 10.2. The molecule has 0 bridgehead atoms. The van der Waals surface area contributed by atoms with Crippen LogP contribution in [-0.4, -0.2) is 57.2 Å². The number of anilines is 1. The van der Waals surface area contributed by atoms with Crippen LogP contribution in [0.15, 0.2) is 79.3 Å². The number of aromatic amines is 1. The Morgan fingerprint density at radius 1 is 1.03 bits per heavy atom. The van der Waals surface area contributed by atoms with Crippen LogP contribution in [0, 0.1) is 5.92 Å². The zero-order valence-electron chi connectivity index (χ0n) is 18.9. The molecule has 170 valence electrons. The summed E-state index contributed by atoms with van der Waals surface area (Å²) in [5.41, 5.74) is 3.35. The molecule has 7 heteroatoms. The molecule has 4 aromatic rings. The Kier molecular flexibility index (Phi) is 6.88. The fourth-order valence-corrected chi connectivity index (χ4v) is 4.28. The van der Waals surface area contributed by atoms with Gasteiger partial charge in [0.2, 0.25) is 0 Å². The predicted octanol–water partition coefficient (Wildman–Crippen LogP) is 5.14. The van der Waals surface area contributed by atoms with E-state index in [2.05, 4.69) is 75.3 Å². The number of nitrogens with one attached hydrogen (secondary N) is 1. The molecule has 0 aliphatic carbocycles. The summed E-state index contributed by atoms with van der Waals surface area (Å²) in [6.45, 7) is 3.27. The molecule has 1 fully saturated rings. The quantitative estimate of drug-likeness (QED) is 0.458. The number of benzene rings is 2. The molecule has 5 rings (SSSR count). The Hall–Kier alpha value is -3.87. The van der Waals surface area contributed by atoms with E-state index in [9.17, 15) is 9.90 Å². The number of likely N-dealkylation sites (N-methyl/N-ethyl adjacent to an activating group) is 1. The van der Waals surface area contributed by atoms with Crippen molar-refractivity contribution in [1.82, 2.24) is 19.9 Å². The van der Waals surface area contributed by atoms with Crippen molar-refractivity contribution in [2.24, 2.45) is 5.92 Å². The van der Waals surface area contributed by atoms with Gasteiger partial charge in [-0.25, -0.2) is 14.8 Å². The van der Waals surface area contributed by atoms with Crippen molar-refractivity contribution >= 4 is 22.9 Å². The number of rotatable bonds is 3. The van der Waals surface area contributed by atoms with Gasteiger partial charge in [-0.05, 0) is 29.5 Å². The number of H-pyrrole nitrogens is 1. The highest BCUT2D eigenvalue weighted by Crippen LogP contribution is 2.28. The highest BCUT2D eigenvalue weighted by atomic mass is 16.4. The van der Waals surface area contributed by atoms with Crippen LogP contribution in [0.2, 0.25) is 0 Å². The topological polar surface area (TPSA) is 85.3 Å². The van der Waals surface area contributed by atoms with E-state index in [1.165, 1.54) is 22.4 Å². The van der Waals surface area contributed by atoms with Gasteiger partial charge in [-0.2, -0.15) is 0 Å². The molecule has 1 amide bonds. The Balaban J connectivity index is 0.000000183. The number of amides is 1. The van der Waals surface area contributed by atoms with Gasteiger partial charge in [0.15, 0.2) is 0 Å². The van der Waals surface area contributed by atoms with Crippen molar-refractivity contribution in [3.63, 3.8) is 0 Å². The second-order valence-electron chi connectivity index (χ2n) is 8.34. The van der Waals surface area contributed by atoms with Gasteiger partial charge < -0.3 is 19.9 Å². The third kappa shape index (κ3) is 5.14. The molecule has 0 spiro atoms. The van der Waals surface area contributed by atoms with E-state index in [1.54, 1.807) is 0 Å². The number of carboxylic acid groups (broad SMARTS) is 1. The lowest BCUT2D eigenvalue weighted by Crippen LogP contribution is -2.52. The Bertz CT molecular complexity index is 1140. The zero-order valence-corrected chi connectivity index (χ0v) is 18.9. The molecular weight excluding hydrogens is 414 g/mol. The SMILES string of the molecule is CC1CCN(C(=O)O)CC1N(C)c1ncnc2[nH]ccc12.c1ccc(-c2ccccc2)cc1. The van der Waals surface area contributed by atoms with Crippen molar-refractivity contribution in [3.05, 3.63) is 79.3 Å². The maximum Gasteiger partial charge on any atom is 0.407 e. The zero-order chi connectivity index (χ0) is 23.2. The lowest BCUT2D eigenvalue weighted by atomic mass is 9.92. The first-order valence-corrected chi connectivity index (χ1v) is 11.1. The van der Waals surface area contributed by atoms with Crippen LogP contribution in [0.1, 0.15) is 13.3 Å². The summed E-state index contributed by atoms with van der Waals surface area (Å²) in [4.78, 5) is 26.4. The van der Waals surface area contributed by atoms with Gasteiger partial charge in [0.25, 0.3) is 0 Å². The van der Waals surface area contributed by atoms with Gasteiger partial charge in [0.05, 0.1) is 11.4 Å². The van der Waals surface area contributed by atoms with Gasteiger partial charge in [-0.1, -0.05) is 67.6 Å². The van der Waals surface area contributed by atoms with E-state index in [4.69, 9.17) is 0 Å². The molecule has 7 nitrogen and oxygen atoms in total. The van der Waals surface area contributed by atoms with Gasteiger partial charge in [0, 0.05) is 26.3 Å². The first-order chi connectivity index (χ1) is 16.0. The maximum atomic E-state index is 11.2. The van der Waals surface area contributed by atoms with Gasteiger partial charge in [0.1, 0.15) is 17.8 Å². The average Bonchev–Trinajstić information content (AvgIpc) is 3.34. The second-order valence-corrected chi connectivity index (χ2v) is 8.34. The van der Waals surface area contributed by atoms with E-state index in [-0.39, 0.29) is 6.04 Å². The molecule has 1 saturated heterocycles. The monoisotopic (exact) mass is 443 g/mol. The van der Waals surface area contributed by atoms with E-state index in [0.29, 0.717) is 19.0 Å². The number of likely N-dealkylation sites (tertiary alicyclic amines) is 1. The molecule has 33 heavy (non-hydrogen) atoms. The molecule has 0 radical (unpaired) electrons. The largest absolute Gasteiger partial charge is 0.465 e. The first kappa shape index (κ1) is 22.3.